The summed E-state index contributed by atoms with van der Waals surface area (Å²) in [5.74, 6) is -0.355. The topological polar surface area (TPSA) is 81.2 Å². The van der Waals surface area contributed by atoms with Crippen LogP contribution in [0.15, 0.2) is 0 Å². The van der Waals surface area contributed by atoms with Crippen LogP contribution in [0.3, 0.4) is 0 Å². The highest BCUT2D eigenvalue weighted by Gasteiger charge is 2.29. The summed E-state index contributed by atoms with van der Waals surface area (Å²) in [6.45, 7) is 4.90. The molecule has 0 spiro atoms. The Bertz CT molecular complexity index is 513. The molecule has 6 nitrogen and oxygen atoms in total. The second-order valence-corrected chi connectivity index (χ2v) is 5.14. The van der Waals surface area contributed by atoms with Crippen molar-refractivity contribution in [1.82, 2.24) is 14.7 Å². The lowest BCUT2D eigenvalue weighted by molar-refractivity contribution is -0.123. The van der Waals surface area contributed by atoms with Gasteiger partial charge in [-0.25, -0.2) is 0 Å². The summed E-state index contributed by atoms with van der Waals surface area (Å²) in [6, 6.07) is 0. The Hall–Kier alpha value is -1.85. The molecule has 1 fully saturated rings. The number of amides is 2. The summed E-state index contributed by atoms with van der Waals surface area (Å²) in [5, 5.41) is 4.26. The van der Waals surface area contributed by atoms with Crippen LogP contribution in [0.25, 0.3) is 0 Å². The van der Waals surface area contributed by atoms with E-state index in [1.165, 1.54) is 0 Å². The molecule has 2 rings (SSSR count). The highest BCUT2D eigenvalue weighted by molar-refractivity contribution is 5.96. The number of nitrogens with zero attached hydrogens (tertiary/aromatic N) is 3. The van der Waals surface area contributed by atoms with Gasteiger partial charge in [-0.15, -0.1) is 0 Å². The van der Waals surface area contributed by atoms with Crippen molar-refractivity contribution in [2.45, 2.75) is 26.7 Å². The van der Waals surface area contributed by atoms with E-state index in [0.717, 1.165) is 11.4 Å². The third-order valence-electron chi connectivity index (χ3n) is 3.91. The molecule has 0 saturated carbocycles. The third kappa shape index (κ3) is 2.47. The highest BCUT2D eigenvalue weighted by Crippen LogP contribution is 2.21. The predicted octanol–water partition coefficient (Wildman–Crippen LogP) is 0.374. The molecular weight excluding hydrogens is 244 g/mol. The van der Waals surface area contributed by atoms with Crippen LogP contribution >= 0.6 is 0 Å². The van der Waals surface area contributed by atoms with Gasteiger partial charge in [-0.3, -0.25) is 14.3 Å². The van der Waals surface area contributed by atoms with Gasteiger partial charge in [0.1, 0.15) is 0 Å². The molecule has 19 heavy (non-hydrogen) atoms. The van der Waals surface area contributed by atoms with Crippen molar-refractivity contribution in [3.05, 3.63) is 17.0 Å². The first-order valence-electron chi connectivity index (χ1n) is 6.50. The molecule has 0 bridgehead atoms. The summed E-state index contributed by atoms with van der Waals surface area (Å²) < 4.78 is 1.72. The standard InChI is InChI=1S/C13H20N4O2/c1-8-11(9(2)16(3)15-8)13(19)17-6-4-10(5-7-17)12(14)18/h10H,4-7H2,1-3H3,(H2,14,18). The van der Waals surface area contributed by atoms with Gasteiger partial charge in [-0.2, -0.15) is 5.10 Å². The van der Waals surface area contributed by atoms with E-state index in [4.69, 9.17) is 5.73 Å². The predicted molar refractivity (Wildman–Crippen MR) is 70.5 cm³/mol. The number of piperidine rings is 1. The zero-order valence-electron chi connectivity index (χ0n) is 11.6. The van der Waals surface area contributed by atoms with Gasteiger partial charge in [0.2, 0.25) is 5.91 Å². The maximum atomic E-state index is 12.5. The van der Waals surface area contributed by atoms with Crippen LogP contribution in [0.5, 0.6) is 0 Å². The van der Waals surface area contributed by atoms with Gasteiger partial charge in [-0.1, -0.05) is 0 Å². The lowest BCUT2D eigenvalue weighted by Gasteiger charge is -2.30. The number of carbonyl (C=O) groups is 2. The Morgan fingerprint density at radius 1 is 1.26 bits per heavy atom. The fourth-order valence-corrected chi connectivity index (χ4v) is 2.61. The molecule has 0 aromatic carbocycles. The van der Waals surface area contributed by atoms with Crippen LogP contribution in [0.4, 0.5) is 0 Å². The summed E-state index contributed by atoms with van der Waals surface area (Å²) in [4.78, 5) is 25.4. The summed E-state index contributed by atoms with van der Waals surface area (Å²) in [7, 11) is 1.83. The molecule has 0 atom stereocenters. The van der Waals surface area contributed by atoms with Crippen LogP contribution in [0.2, 0.25) is 0 Å². The van der Waals surface area contributed by atoms with Crippen molar-refractivity contribution in [3.63, 3.8) is 0 Å². The Balaban J connectivity index is 2.12. The van der Waals surface area contributed by atoms with Crippen molar-refractivity contribution >= 4 is 11.8 Å². The zero-order valence-corrected chi connectivity index (χ0v) is 11.6. The van der Waals surface area contributed by atoms with Gasteiger partial charge in [0.25, 0.3) is 5.91 Å². The van der Waals surface area contributed by atoms with Gasteiger partial charge in [0.05, 0.1) is 11.3 Å². The zero-order chi connectivity index (χ0) is 14.2. The van der Waals surface area contributed by atoms with E-state index in [1.807, 2.05) is 20.9 Å². The van der Waals surface area contributed by atoms with Crippen molar-refractivity contribution < 1.29 is 9.59 Å². The average molecular weight is 264 g/mol. The molecule has 1 aliphatic heterocycles. The molecule has 0 unspecified atom stereocenters. The van der Waals surface area contributed by atoms with Crippen LogP contribution in [0.1, 0.15) is 34.6 Å². The minimum Gasteiger partial charge on any atom is -0.369 e. The number of aromatic nitrogens is 2. The number of hydrogen-bond acceptors (Lipinski definition) is 3. The molecule has 2 N–H and O–H groups in total. The second kappa shape index (κ2) is 5.03. The molecule has 2 amide bonds. The van der Waals surface area contributed by atoms with Crippen LogP contribution in [0, 0.1) is 19.8 Å². The second-order valence-electron chi connectivity index (χ2n) is 5.14. The number of rotatable bonds is 2. The van der Waals surface area contributed by atoms with E-state index in [-0.39, 0.29) is 17.7 Å². The minimum absolute atomic E-state index is 0.00557. The number of likely N-dealkylation sites (tertiary alicyclic amines) is 1. The Labute approximate surface area is 112 Å². The maximum Gasteiger partial charge on any atom is 0.257 e. The summed E-state index contributed by atoms with van der Waals surface area (Å²) in [6.07, 6.45) is 1.30. The molecule has 2 heterocycles. The molecule has 1 aromatic heterocycles. The van der Waals surface area contributed by atoms with E-state index in [2.05, 4.69) is 5.10 Å². The first-order chi connectivity index (χ1) is 8.91. The van der Waals surface area contributed by atoms with Gasteiger partial charge in [0, 0.05) is 31.7 Å². The van der Waals surface area contributed by atoms with Crippen molar-refractivity contribution in [3.8, 4) is 0 Å². The van der Waals surface area contributed by atoms with E-state index >= 15 is 0 Å². The van der Waals surface area contributed by atoms with Gasteiger partial charge in [-0.05, 0) is 26.7 Å². The Morgan fingerprint density at radius 3 is 2.26 bits per heavy atom. The first-order valence-corrected chi connectivity index (χ1v) is 6.50. The van der Waals surface area contributed by atoms with Crippen LogP contribution in [-0.4, -0.2) is 39.6 Å². The quantitative estimate of drug-likeness (QED) is 0.838. The Kier molecular flexibility index (Phi) is 3.59. The fourth-order valence-electron chi connectivity index (χ4n) is 2.61. The number of carbonyl (C=O) groups excluding carboxylic acids is 2. The summed E-state index contributed by atoms with van der Waals surface area (Å²) >= 11 is 0. The van der Waals surface area contributed by atoms with Crippen molar-refractivity contribution in [2.24, 2.45) is 18.7 Å². The van der Waals surface area contributed by atoms with E-state index in [0.29, 0.717) is 31.5 Å². The number of nitrogens with two attached hydrogens (primary N) is 1. The molecule has 1 aliphatic rings. The molecule has 1 saturated heterocycles. The average Bonchev–Trinajstić information content (AvgIpc) is 2.62. The number of hydrogen-bond donors (Lipinski definition) is 1. The highest BCUT2D eigenvalue weighted by atomic mass is 16.2. The minimum atomic E-state index is -0.263. The normalized spacial score (nSPS) is 16.7. The van der Waals surface area contributed by atoms with Gasteiger partial charge in [0.15, 0.2) is 0 Å². The third-order valence-corrected chi connectivity index (χ3v) is 3.91. The van der Waals surface area contributed by atoms with E-state index in [9.17, 15) is 9.59 Å². The molecule has 0 radical (unpaired) electrons. The van der Waals surface area contributed by atoms with E-state index < -0.39 is 0 Å². The van der Waals surface area contributed by atoms with Gasteiger partial charge < -0.3 is 10.6 Å². The monoisotopic (exact) mass is 264 g/mol. The fraction of sp³-hybridized carbons (Fsp3) is 0.615. The molecule has 0 aliphatic carbocycles. The van der Waals surface area contributed by atoms with Crippen LogP contribution in [-0.2, 0) is 11.8 Å². The lowest BCUT2D eigenvalue weighted by Crippen LogP contribution is -2.42. The van der Waals surface area contributed by atoms with Crippen molar-refractivity contribution in [1.29, 1.82) is 0 Å². The van der Waals surface area contributed by atoms with Gasteiger partial charge >= 0.3 is 0 Å². The van der Waals surface area contributed by atoms with Crippen LogP contribution < -0.4 is 5.73 Å². The lowest BCUT2D eigenvalue weighted by atomic mass is 9.95. The molecular formula is C13H20N4O2. The SMILES string of the molecule is Cc1nn(C)c(C)c1C(=O)N1CCC(C(N)=O)CC1. The largest absolute Gasteiger partial charge is 0.369 e. The summed E-state index contributed by atoms with van der Waals surface area (Å²) in [5.41, 5.74) is 7.60. The number of primary amides is 1. The maximum absolute atomic E-state index is 12.5. The molecule has 6 heteroatoms. The molecule has 104 valence electrons. The number of aryl methyl sites for hydroxylation is 2. The Morgan fingerprint density at radius 2 is 1.84 bits per heavy atom. The first kappa shape index (κ1) is 13.6. The van der Waals surface area contributed by atoms with Crippen molar-refractivity contribution in [2.75, 3.05) is 13.1 Å². The smallest absolute Gasteiger partial charge is 0.257 e. The molecule has 1 aromatic rings. The van der Waals surface area contributed by atoms with E-state index in [1.54, 1.807) is 9.58 Å².